The molecule has 0 heterocycles. The standard InChI is InChI=1S/C15H21Cl3N2/c1-3-20(11-4-5-11)9-8-19-10(2)12-6-7-13(16)15(18)14(12)17/h6-7,10-11,19H,3-5,8-9H2,1-2H3. The van der Waals surface area contributed by atoms with Crippen molar-refractivity contribution in [3.05, 3.63) is 32.8 Å². The molecule has 1 saturated carbocycles. The van der Waals surface area contributed by atoms with Gasteiger partial charge >= 0.3 is 0 Å². The van der Waals surface area contributed by atoms with Gasteiger partial charge in [0, 0.05) is 25.2 Å². The zero-order valence-corrected chi connectivity index (χ0v) is 14.2. The molecule has 1 aromatic rings. The SMILES string of the molecule is CCN(CCNC(C)c1ccc(Cl)c(Cl)c1Cl)C1CC1. The molecule has 112 valence electrons. The number of nitrogens with one attached hydrogen (secondary N) is 1. The van der Waals surface area contributed by atoms with Crippen LogP contribution < -0.4 is 5.32 Å². The maximum Gasteiger partial charge on any atom is 0.0781 e. The second-order valence-electron chi connectivity index (χ2n) is 5.30. The molecule has 1 aliphatic rings. The number of rotatable bonds is 7. The first-order valence-electron chi connectivity index (χ1n) is 7.15. The third-order valence-corrected chi connectivity index (χ3v) is 5.16. The molecule has 0 aliphatic heterocycles. The molecule has 5 heteroatoms. The lowest BCUT2D eigenvalue weighted by Gasteiger charge is -2.22. The molecule has 0 aromatic heterocycles. The highest BCUT2D eigenvalue weighted by Gasteiger charge is 2.27. The van der Waals surface area contributed by atoms with Crippen LogP contribution in [0.25, 0.3) is 0 Å². The molecule has 0 amide bonds. The Morgan fingerprint density at radius 1 is 1.25 bits per heavy atom. The van der Waals surface area contributed by atoms with Gasteiger partial charge < -0.3 is 5.32 Å². The van der Waals surface area contributed by atoms with Crippen LogP contribution in [0, 0.1) is 0 Å². The summed E-state index contributed by atoms with van der Waals surface area (Å²) in [5.41, 5.74) is 0.996. The molecule has 1 N–H and O–H groups in total. The molecule has 1 unspecified atom stereocenters. The Hall–Kier alpha value is 0.01000. The van der Waals surface area contributed by atoms with E-state index in [1.165, 1.54) is 12.8 Å². The summed E-state index contributed by atoms with van der Waals surface area (Å²) in [4.78, 5) is 2.52. The van der Waals surface area contributed by atoms with Gasteiger partial charge in [-0.05, 0) is 37.9 Å². The molecular formula is C15H21Cl3N2. The summed E-state index contributed by atoms with van der Waals surface area (Å²) in [5.74, 6) is 0. The Morgan fingerprint density at radius 3 is 2.55 bits per heavy atom. The minimum Gasteiger partial charge on any atom is -0.309 e. The second-order valence-corrected chi connectivity index (χ2v) is 6.46. The van der Waals surface area contributed by atoms with Crippen molar-refractivity contribution < 1.29 is 0 Å². The largest absolute Gasteiger partial charge is 0.309 e. The summed E-state index contributed by atoms with van der Waals surface area (Å²) in [7, 11) is 0. The number of benzene rings is 1. The minimum atomic E-state index is 0.162. The Morgan fingerprint density at radius 2 is 1.95 bits per heavy atom. The van der Waals surface area contributed by atoms with E-state index in [0.29, 0.717) is 15.1 Å². The van der Waals surface area contributed by atoms with Crippen LogP contribution in [0.1, 0.15) is 38.3 Å². The summed E-state index contributed by atoms with van der Waals surface area (Å²) >= 11 is 18.3. The molecule has 1 aliphatic carbocycles. The molecule has 0 radical (unpaired) electrons. The van der Waals surface area contributed by atoms with E-state index in [4.69, 9.17) is 34.8 Å². The Bertz CT molecular complexity index is 461. The monoisotopic (exact) mass is 334 g/mol. The Balaban J connectivity index is 1.88. The molecule has 2 rings (SSSR count). The molecule has 20 heavy (non-hydrogen) atoms. The normalized spacial score (nSPS) is 16.7. The third-order valence-electron chi connectivity index (χ3n) is 3.85. The van der Waals surface area contributed by atoms with Crippen molar-refractivity contribution in [1.82, 2.24) is 10.2 Å². The van der Waals surface area contributed by atoms with Crippen molar-refractivity contribution in [2.45, 2.75) is 38.8 Å². The number of nitrogens with zero attached hydrogens (tertiary/aromatic N) is 1. The van der Waals surface area contributed by atoms with Gasteiger partial charge in [-0.3, -0.25) is 4.90 Å². The average molecular weight is 336 g/mol. The lowest BCUT2D eigenvalue weighted by atomic mass is 10.1. The van der Waals surface area contributed by atoms with Crippen LogP contribution >= 0.6 is 34.8 Å². The number of hydrogen-bond acceptors (Lipinski definition) is 2. The maximum absolute atomic E-state index is 6.26. The predicted molar refractivity (Wildman–Crippen MR) is 88.2 cm³/mol. The molecule has 0 bridgehead atoms. The van der Waals surface area contributed by atoms with Crippen LogP contribution in [-0.4, -0.2) is 30.6 Å². The first-order chi connectivity index (χ1) is 9.54. The predicted octanol–water partition coefficient (Wildman–Crippen LogP) is 4.78. The second kappa shape index (κ2) is 7.33. The van der Waals surface area contributed by atoms with E-state index in [-0.39, 0.29) is 6.04 Å². The lowest BCUT2D eigenvalue weighted by Crippen LogP contribution is -2.34. The van der Waals surface area contributed by atoms with Crippen LogP contribution in [0.3, 0.4) is 0 Å². The van der Waals surface area contributed by atoms with Gasteiger partial charge in [0.05, 0.1) is 15.1 Å². The van der Waals surface area contributed by atoms with Gasteiger partial charge in [0.2, 0.25) is 0 Å². The van der Waals surface area contributed by atoms with E-state index in [2.05, 4.69) is 24.1 Å². The van der Waals surface area contributed by atoms with E-state index < -0.39 is 0 Å². The van der Waals surface area contributed by atoms with Crippen molar-refractivity contribution in [2.75, 3.05) is 19.6 Å². The Kier molecular flexibility index (Phi) is 6.00. The summed E-state index contributed by atoms with van der Waals surface area (Å²) in [6, 6.07) is 4.71. The highest BCUT2D eigenvalue weighted by molar-refractivity contribution is 6.48. The topological polar surface area (TPSA) is 15.3 Å². The highest BCUT2D eigenvalue weighted by atomic mass is 35.5. The summed E-state index contributed by atoms with van der Waals surface area (Å²) in [6.07, 6.45) is 2.70. The molecule has 2 nitrogen and oxygen atoms in total. The Labute approximate surface area is 136 Å². The van der Waals surface area contributed by atoms with Gasteiger partial charge in [-0.15, -0.1) is 0 Å². The van der Waals surface area contributed by atoms with Crippen LogP contribution in [-0.2, 0) is 0 Å². The first-order valence-corrected chi connectivity index (χ1v) is 8.28. The van der Waals surface area contributed by atoms with Crippen molar-refractivity contribution >= 4 is 34.8 Å². The van der Waals surface area contributed by atoms with Gasteiger partial charge in [-0.2, -0.15) is 0 Å². The number of halogens is 3. The number of hydrogen-bond donors (Lipinski definition) is 1. The quantitative estimate of drug-likeness (QED) is 0.721. The summed E-state index contributed by atoms with van der Waals surface area (Å²) in [5, 5.41) is 4.99. The van der Waals surface area contributed by atoms with E-state index in [1.807, 2.05) is 6.07 Å². The lowest BCUT2D eigenvalue weighted by molar-refractivity contribution is 0.273. The van der Waals surface area contributed by atoms with Gasteiger partial charge in [0.1, 0.15) is 0 Å². The summed E-state index contributed by atoms with van der Waals surface area (Å²) in [6.45, 7) is 7.46. The van der Waals surface area contributed by atoms with Gasteiger partial charge in [-0.25, -0.2) is 0 Å². The smallest absolute Gasteiger partial charge is 0.0781 e. The van der Waals surface area contributed by atoms with Gasteiger partial charge in [0.15, 0.2) is 0 Å². The molecule has 1 atom stereocenters. The van der Waals surface area contributed by atoms with E-state index in [9.17, 15) is 0 Å². The van der Waals surface area contributed by atoms with Crippen molar-refractivity contribution in [2.24, 2.45) is 0 Å². The molecular weight excluding hydrogens is 315 g/mol. The van der Waals surface area contributed by atoms with Crippen LogP contribution in [0.15, 0.2) is 12.1 Å². The van der Waals surface area contributed by atoms with Gasteiger partial charge in [0.25, 0.3) is 0 Å². The highest BCUT2D eigenvalue weighted by Crippen LogP contribution is 2.35. The van der Waals surface area contributed by atoms with Crippen molar-refractivity contribution in [3.8, 4) is 0 Å². The van der Waals surface area contributed by atoms with E-state index >= 15 is 0 Å². The van der Waals surface area contributed by atoms with E-state index in [1.54, 1.807) is 6.07 Å². The third kappa shape index (κ3) is 4.02. The van der Waals surface area contributed by atoms with Crippen LogP contribution in [0.2, 0.25) is 15.1 Å². The maximum atomic E-state index is 6.26. The minimum absolute atomic E-state index is 0.162. The zero-order chi connectivity index (χ0) is 14.7. The fourth-order valence-electron chi connectivity index (χ4n) is 2.45. The van der Waals surface area contributed by atoms with Crippen molar-refractivity contribution in [1.29, 1.82) is 0 Å². The number of likely N-dealkylation sites (N-methyl/N-ethyl adjacent to an activating group) is 1. The molecule has 0 saturated heterocycles. The fraction of sp³-hybridized carbons (Fsp3) is 0.600. The fourth-order valence-corrected chi connectivity index (χ4v) is 3.15. The average Bonchev–Trinajstić information content (AvgIpc) is 3.25. The van der Waals surface area contributed by atoms with Gasteiger partial charge in [-0.1, -0.05) is 47.8 Å². The van der Waals surface area contributed by atoms with Crippen molar-refractivity contribution in [3.63, 3.8) is 0 Å². The summed E-state index contributed by atoms with van der Waals surface area (Å²) < 4.78 is 0. The first kappa shape index (κ1) is 16.4. The zero-order valence-electron chi connectivity index (χ0n) is 11.9. The van der Waals surface area contributed by atoms with Crippen LogP contribution in [0.4, 0.5) is 0 Å². The molecule has 1 fully saturated rings. The molecule has 1 aromatic carbocycles. The van der Waals surface area contributed by atoms with Crippen LogP contribution in [0.5, 0.6) is 0 Å². The van der Waals surface area contributed by atoms with E-state index in [0.717, 1.165) is 31.2 Å². The molecule has 0 spiro atoms.